The number of nitriles is 1. The summed E-state index contributed by atoms with van der Waals surface area (Å²) in [6.07, 6.45) is 2.01. The Morgan fingerprint density at radius 1 is 1.14 bits per heavy atom. The van der Waals surface area contributed by atoms with Gasteiger partial charge in [0.25, 0.3) is 0 Å². The number of halogens is 2. The van der Waals surface area contributed by atoms with E-state index in [9.17, 15) is 13.6 Å². The molecule has 0 bridgehead atoms. The summed E-state index contributed by atoms with van der Waals surface area (Å²) in [5.41, 5.74) is 2.93. The number of carbonyl (C=O) groups is 1. The molecule has 1 saturated carbocycles. The Morgan fingerprint density at radius 3 is 2.57 bits per heavy atom. The van der Waals surface area contributed by atoms with E-state index in [4.69, 9.17) is 5.26 Å². The zero-order valence-electron chi connectivity index (χ0n) is 20.2. The van der Waals surface area contributed by atoms with E-state index in [0.29, 0.717) is 0 Å². The number of hydrogen-bond donors (Lipinski definition) is 1. The highest BCUT2D eigenvalue weighted by Crippen LogP contribution is 2.47. The highest BCUT2D eigenvalue weighted by Gasteiger charge is 2.45. The van der Waals surface area contributed by atoms with Crippen LogP contribution in [0.15, 0.2) is 53.4 Å². The Kier molecular flexibility index (Phi) is 8.46. The van der Waals surface area contributed by atoms with E-state index in [2.05, 4.69) is 41.5 Å². The molecule has 0 unspecified atom stereocenters. The maximum atomic E-state index is 14.3. The Hall–Kier alpha value is -2.43. The fourth-order valence-corrected chi connectivity index (χ4v) is 6.39. The number of rotatable bonds is 7. The lowest BCUT2D eigenvalue weighted by Crippen LogP contribution is -2.41. The van der Waals surface area contributed by atoms with Crippen molar-refractivity contribution >= 4 is 17.7 Å². The predicted molar refractivity (Wildman–Crippen MR) is 136 cm³/mol. The van der Waals surface area contributed by atoms with Crippen molar-refractivity contribution in [2.45, 2.75) is 48.8 Å². The summed E-state index contributed by atoms with van der Waals surface area (Å²) >= 11 is 1.89. The van der Waals surface area contributed by atoms with Gasteiger partial charge in [-0.15, -0.1) is 11.8 Å². The fraction of sp³-hybridized carbons (Fsp3) is 0.500. The Balaban J connectivity index is 1.51. The van der Waals surface area contributed by atoms with Gasteiger partial charge < -0.3 is 10.2 Å². The van der Waals surface area contributed by atoms with Crippen LogP contribution in [0.1, 0.15) is 43.6 Å². The van der Waals surface area contributed by atoms with E-state index < -0.39 is 24.2 Å². The lowest BCUT2D eigenvalue weighted by molar-refractivity contribution is -0.133. The molecule has 1 heterocycles. The van der Waals surface area contributed by atoms with E-state index in [1.54, 1.807) is 0 Å². The van der Waals surface area contributed by atoms with Gasteiger partial charge in [-0.1, -0.05) is 36.4 Å². The Bertz CT molecular complexity index is 1040. The molecule has 7 heteroatoms. The van der Waals surface area contributed by atoms with Crippen LogP contribution in [0.3, 0.4) is 0 Å². The van der Waals surface area contributed by atoms with E-state index in [1.807, 2.05) is 42.1 Å². The molecule has 0 radical (unpaired) electrons. The molecule has 1 aliphatic carbocycles. The summed E-state index contributed by atoms with van der Waals surface area (Å²) in [5.74, 6) is -2.64. The van der Waals surface area contributed by atoms with Crippen molar-refractivity contribution in [1.29, 1.82) is 5.26 Å². The summed E-state index contributed by atoms with van der Waals surface area (Å²) in [6, 6.07) is 18.1. The van der Waals surface area contributed by atoms with Crippen LogP contribution in [-0.2, 0) is 4.79 Å². The average molecular weight is 498 g/mol. The minimum Gasteiger partial charge on any atom is -0.343 e. The first-order chi connectivity index (χ1) is 16.9. The molecule has 2 atom stereocenters. The van der Waals surface area contributed by atoms with Gasteiger partial charge >= 0.3 is 0 Å². The van der Waals surface area contributed by atoms with E-state index in [0.717, 1.165) is 28.4 Å². The second-order valence-electron chi connectivity index (χ2n) is 9.86. The average Bonchev–Trinajstić information content (AvgIpc) is 2.87. The maximum Gasteiger partial charge on any atom is 0.249 e. The SMILES string of the molecule is CN1CCC(CSc2ccc(-c3ccccc3[C@@H]3CCC(F)(F)C[C@H]3C(=O)NCC#N)cc2)CC1. The van der Waals surface area contributed by atoms with Gasteiger partial charge in [-0.05, 0) is 80.1 Å². The second-order valence-corrected chi connectivity index (χ2v) is 11.0. The predicted octanol–water partition coefficient (Wildman–Crippen LogP) is 5.95. The summed E-state index contributed by atoms with van der Waals surface area (Å²) in [4.78, 5) is 16.4. The molecule has 0 aromatic heterocycles. The Morgan fingerprint density at radius 2 is 1.86 bits per heavy atom. The van der Waals surface area contributed by atoms with Crippen molar-refractivity contribution < 1.29 is 13.6 Å². The molecule has 0 spiro atoms. The number of piperidine rings is 1. The molecule has 2 aliphatic rings. The van der Waals surface area contributed by atoms with Crippen LogP contribution < -0.4 is 5.32 Å². The van der Waals surface area contributed by atoms with Gasteiger partial charge in [0, 0.05) is 23.5 Å². The lowest BCUT2D eigenvalue weighted by atomic mass is 9.72. The number of thioether (sulfide) groups is 1. The summed E-state index contributed by atoms with van der Waals surface area (Å²) in [6.45, 7) is 2.17. The number of nitrogens with zero attached hydrogens (tertiary/aromatic N) is 2. The monoisotopic (exact) mass is 497 g/mol. The third-order valence-corrected chi connectivity index (χ3v) is 8.60. The first-order valence-corrected chi connectivity index (χ1v) is 13.4. The van der Waals surface area contributed by atoms with Gasteiger partial charge in [0.1, 0.15) is 6.54 Å². The van der Waals surface area contributed by atoms with Crippen LogP contribution in [0.2, 0.25) is 0 Å². The molecule has 1 aliphatic heterocycles. The molecular weight excluding hydrogens is 464 g/mol. The molecule has 186 valence electrons. The molecular formula is C28H33F2N3OS. The summed E-state index contributed by atoms with van der Waals surface area (Å²) in [7, 11) is 2.18. The Labute approximate surface area is 211 Å². The number of amides is 1. The van der Waals surface area contributed by atoms with Gasteiger partial charge in [-0.25, -0.2) is 8.78 Å². The van der Waals surface area contributed by atoms with Crippen molar-refractivity contribution in [2.75, 3.05) is 32.4 Å². The second kappa shape index (κ2) is 11.5. The van der Waals surface area contributed by atoms with E-state index >= 15 is 0 Å². The molecule has 2 fully saturated rings. The van der Waals surface area contributed by atoms with Crippen LogP contribution >= 0.6 is 11.8 Å². The quantitative estimate of drug-likeness (QED) is 0.380. The number of carbonyl (C=O) groups excluding carboxylic acids is 1. The molecule has 4 nitrogen and oxygen atoms in total. The van der Waals surface area contributed by atoms with Crippen molar-refractivity contribution in [3.8, 4) is 17.2 Å². The molecule has 2 aromatic rings. The fourth-order valence-electron chi connectivity index (χ4n) is 5.30. The van der Waals surface area contributed by atoms with Crippen LogP contribution in [0.25, 0.3) is 11.1 Å². The molecule has 1 amide bonds. The third kappa shape index (κ3) is 6.62. The molecule has 4 rings (SSSR count). The number of alkyl halides is 2. The van der Waals surface area contributed by atoms with Crippen molar-refractivity contribution in [3.05, 3.63) is 54.1 Å². The molecule has 2 aromatic carbocycles. The summed E-state index contributed by atoms with van der Waals surface area (Å²) < 4.78 is 28.5. The summed E-state index contributed by atoms with van der Waals surface area (Å²) in [5, 5.41) is 11.3. The first kappa shape index (κ1) is 25.7. The topological polar surface area (TPSA) is 56.1 Å². The molecule has 1 saturated heterocycles. The van der Waals surface area contributed by atoms with Crippen molar-refractivity contribution in [2.24, 2.45) is 11.8 Å². The maximum absolute atomic E-state index is 14.3. The first-order valence-electron chi connectivity index (χ1n) is 12.4. The molecule has 35 heavy (non-hydrogen) atoms. The number of hydrogen-bond acceptors (Lipinski definition) is 4. The van der Waals surface area contributed by atoms with Gasteiger partial charge in [-0.3, -0.25) is 4.79 Å². The number of nitrogens with one attached hydrogen (secondary N) is 1. The van der Waals surface area contributed by atoms with Gasteiger partial charge in [-0.2, -0.15) is 5.26 Å². The van der Waals surface area contributed by atoms with Gasteiger partial charge in [0.05, 0.1) is 12.0 Å². The van der Waals surface area contributed by atoms with Crippen LogP contribution in [0, 0.1) is 23.2 Å². The number of benzene rings is 2. The van der Waals surface area contributed by atoms with Crippen molar-refractivity contribution in [1.82, 2.24) is 10.2 Å². The number of likely N-dealkylation sites (tertiary alicyclic amines) is 1. The highest BCUT2D eigenvalue weighted by atomic mass is 32.2. The normalized spacial score (nSPS) is 22.9. The van der Waals surface area contributed by atoms with E-state index in [-0.39, 0.29) is 25.3 Å². The zero-order chi connectivity index (χ0) is 24.8. The molecule has 1 N–H and O–H groups in total. The smallest absolute Gasteiger partial charge is 0.249 e. The largest absolute Gasteiger partial charge is 0.343 e. The lowest BCUT2D eigenvalue weighted by Gasteiger charge is -2.36. The van der Waals surface area contributed by atoms with Gasteiger partial charge in [0.2, 0.25) is 11.8 Å². The van der Waals surface area contributed by atoms with Crippen LogP contribution in [-0.4, -0.2) is 49.2 Å². The van der Waals surface area contributed by atoms with E-state index in [1.165, 1.54) is 30.8 Å². The third-order valence-electron chi connectivity index (χ3n) is 7.35. The highest BCUT2D eigenvalue weighted by molar-refractivity contribution is 7.99. The minimum atomic E-state index is -2.87. The van der Waals surface area contributed by atoms with Crippen molar-refractivity contribution in [3.63, 3.8) is 0 Å². The zero-order valence-corrected chi connectivity index (χ0v) is 21.0. The van der Waals surface area contributed by atoms with Gasteiger partial charge in [0.15, 0.2) is 0 Å². The minimum absolute atomic E-state index is 0.175. The standard InChI is InChI=1S/C28H33F2N3OS/c1-33-16-11-20(12-17-33)19-35-22-8-6-21(7-9-22)23-4-2-3-5-24(23)25-10-13-28(29,30)18-26(25)27(34)32-15-14-31/h2-9,20,25-26H,10-13,15-19H2,1H3,(H,32,34)/t25-,26+/m0/s1. The van der Waals surface area contributed by atoms with Crippen LogP contribution in [0.4, 0.5) is 8.78 Å². The van der Waals surface area contributed by atoms with Crippen LogP contribution in [0.5, 0.6) is 0 Å².